The van der Waals surface area contributed by atoms with Crippen molar-refractivity contribution in [3.05, 3.63) is 89.9 Å². The average molecular weight is 419 g/mol. The molecule has 0 spiro atoms. The van der Waals surface area contributed by atoms with Crippen LogP contribution in [0.5, 0.6) is 5.75 Å². The molecule has 1 fully saturated rings. The first-order valence-electron chi connectivity index (χ1n) is 10.8. The Morgan fingerprint density at radius 1 is 1.06 bits per heavy atom. The molecule has 0 saturated carbocycles. The Bertz CT molecular complexity index is 971. The molecule has 5 nitrogen and oxygen atoms in total. The molecule has 1 amide bonds. The maximum Gasteiger partial charge on any atom is 0.219 e. The van der Waals surface area contributed by atoms with Gasteiger partial charge in [-0.1, -0.05) is 48.5 Å². The van der Waals surface area contributed by atoms with Crippen molar-refractivity contribution in [3.8, 4) is 5.75 Å². The lowest BCUT2D eigenvalue weighted by atomic mass is 9.87. The Balaban J connectivity index is 1.57. The largest absolute Gasteiger partial charge is 0.496 e. The van der Waals surface area contributed by atoms with Crippen molar-refractivity contribution in [3.63, 3.8) is 0 Å². The SMILES string of the molecule is COc1ccccc1C1CN(Cc2ccco2)CC1CN(Cc1ccccc1)C(C)=O. The van der Waals surface area contributed by atoms with E-state index in [4.69, 9.17) is 9.15 Å². The van der Waals surface area contributed by atoms with Crippen LogP contribution in [0, 0.1) is 5.92 Å². The Labute approximate surface area is 184 Å². The van der Waals surface area contributed by atoms with Crippen LogP contribution in [0.2, 0.25) is 0 Å². The number of carbonyl (C=O) groups is 1. The summed E-state index contributed by atoms with van der Waals surface area (Å²) in [6, 6.07) is 22.4. The average Bonchev–Trinajstić information content (AvgIpc) is 3.44. The highest BCUT2D eigenvalue weighted by atomic mass is 16.5. The van der Waals surface area contributed by atoms with Gasteiger partial charge < -0.3 is 14.1 Å². The van der Waals surface area contributed by atoms with Crippen molar-refractivity contribution in [2.45, 2.75) is 25.9 Å². The summed E-state index contributed by atoms with van der Waals surface area (Å²) >= 11 is 0. The van der Waals surface area contributed by atoms with Crippen LogP contribution in [0.15, 0.2) is 77.4 Å². The normalized spacial score (nSPS) is 18.8. The zero-order chi connectivity index (χ0) is 21.6. The molecule has 3 aromatic rings. The first kappa shape index (κ1) is 21.2. The molecule has 1 saturated heterocycles. The van der Waals surface area contributed by atoms with E-state index in [2.05, 4.69) is 29.2 Å². The third-order valence-electron chi connectivity index (χ3n) is 6.13. The number of rotatable bonds is 8. The summed E-state index contributed by atoms with van der Waals surface area (Å²) in [7, 11) is 1.72. The number of likely N-dealkylation sites (tertiary alicyclic amines) is 1. The molecule has 2 aromatic carbocycles. The maximum atomic E-state index is 12.5. The second-order valence-electron chi connectivity index (χ2n) is 8.27. The molecule has 2 atom stereocenters. The number of benzene rings is 2. The molecule has 0 bridgehead atoms. The third-order valence-corrected chi connectivity index (χ3v) is 6.13. The Morgan fingerprint density at radius 3 is 2.55 bits per heavy atom. The summed E-state index contributed by atoms with van der Waals surface area (Å²) in [5.41, 5.74) is 2.36. The van der Waals surface area contributed by atoms with Crippen LogP contribution >= 0.6 is 0 Å². The number of ether oxygens (including phenoxy) is 1. The van der Waals surface area contributed by atoms with Crippen LogP contribution < -0.4 is 4.74 Å². The minimum atomic E-state index is 0.104. The van der Waals surface area contributed by atoms with Gasteiger partial charge in [-0.3, -0.25) is 9.69 Å². The Kier molecular flexibility index (Phi) is 6.73. The standard InChI is InChI=1S/C26H30N2O3/c1-20(29)28(15-21-9-4-3-5-10-21)17-22-16-27(18-23-11-8-14-31-23)19-25(22)24-12-6-7-13-26(24)30-2/h3-14,22,25H,15-19H2,1-2H3. The fourth-order valence-electron chi connectivity index (χ4n) is 4.61. The zero-order valence-corrected chi connectivity index (χ0v) is 18.2. The van der Waals surface area contributed by atoms with Gasteiger partial charge in [-0.15, -0.1) is 0 Å². The van der Waals surface area contributed by atoms with Gasteiger partial charge in [0.1, 0.15) is 11.5 Å². The zero-order valence-electron chi connectivity index (χ0n) is 18.2. The molecule has 0 aliphatic carbocycles. The number of hydrogen-bond donors (Lipinski definition) is 0. The minimum Gasteiger partial charge on any atom is -0.496 e. The van der Waals surface area contributed by atoms with E-state index in [1.54, 1.807) is 20.3 Å². The Hall–Kier alpha value is -3.05. The van der Waals surface area contributed by atoms with Gasteiger partial charge in [-0.25, -0.2) is 0 Å². The number of para-hydroxylation sites is 1. The lowest BCUT2D eigenvalue weighted by Gasteiger charge is -2.28. The fraction of sp³-hybridized carbons (Fsp3) is 0.346. The summed E-state index contributed by atoms with van der Waals surface area (Å²) in [5, 5.41) is 0. The molecule has 4 rings (SSSR count). The number of methoxy groups -OCH3 is 1. The molecule has 0 radical (unpaired) electrons. The van der Waals surface area contributed by atoms with E-state index >= 15 is 0 Å². The monoisotopic (exact) mass is 418 g/mol. The van der Waals surface area contributed by atoms with E-state index < -0.39 is 0 Å². The molecule has 2 heterocycles. The summed E-state index contributed by atoms with van der Waals surface area (Å²) in [6.07, 6.45) is 1.72. The van der Waals surface area contributed by atoms with E-state index in [1.165, 1.54) is 5.56 Å². The molecule has 31 heavy (non-hydrogen) atoms. The lowest BCUT2D eigenvalue weighted by Crippen LogP contribution is -2.35. The lowest BCUT2D eigenvalue weighted by molar-refractivity contribution is -0.130. The number of furan rings is 1. The first-order valence-corrected chi connectivity index (χ1v) is 10.8. The van der Waals surface area contributed by atoms with E-state index in [9.17, 15) is 4.79 Å². The van der Waals surface area contributed by atoms with Crippen molar-refractivity contribution in [2.24, 2.45) is 5.92 Å². The smallest absolute Gasteiger partial charge is 0.219 e. The van der Waals surface area contributed by atoms with Crippen molar-refractivity contribution < 1.29 is 13.9 Å². The van der Waals surface area contributed by atoms with Crippen LogP contribution in [0.4, 0.5) is 0 Å². The quantitative estimate of drug-likeness (QED) is 0.538. The molecular formula is C26H30N2O3. The van der Waals surface area contributed by atoms with Crippen LogP contribution in [0.3, 0.4) is 0 Å². The first-order chi connectivity index (χ1) is 15.1. The van der Waals surface area contributed by atoms with Gasteiger partial charge in [0.05, 0.1) is 19.9 Å². The Morgan fingerprint density at radius 2 is 1.84 bits per heavy atom. The molecule has 5 heteroatoms. The van der Waals surface area contributed by atoms with Crippen molar-refractivity contribution in [2.75, 3.05) is 26.7 Å². The number of amides is 1. The van der Waals surface area contributed by atoms with Crippen LogP contribution in [0.25, 0.3) is 0 Å². The van der Waals surface area contributed by atoms with Gasteiger partial charge >= 0.3 is 0 Å². The predicted octanol–water partition coefficient (Wildman–Crippen LogP) is 4.55. The van der Waals surface area contributed by atoms with Crippen LogP contribution in [-0.4, -0.2) is 42.5 Å². The highest BCUT2D eigenvalue weighted by Gasteiger charge is 2.37. The highest BCUT2D eigenvalue weighted by Crippen LogP contribution is 2.38. The minimum absolute atomic E-state index is 0.104. The van der Waals surface area contributed by atoms with Gasteiger partial charge in [-0.2, -0.15) is 0 Å². The van der Waals surface area contributed by atoms with E-state index in [0.717, 1.165) is 36.7 Å². The third kappa shape index (κ3) is 5.17. The molecule has 2 unspecified atom stereocenters. The summed E-state index contributed by atoms with van der Waals surface area (Å²) in [4.78, 5) is 16.9. The summed E-state index contributed by atoms with van der Waals surface area (Å²) < 4.78 is 11.3. The van der Waals surface area contributed by atoms with Crippen molar-refractivity contribution in [1.29, 1.82) is 0 Å². The number of nitrogens with zero attached hydrogens (tertiary/aromatic N) is 2. The second-order valence-corrected chi connectivity index (χ2v) is 8.27. The van der Waals surface area contributed by atoms with Gasteiger partial charge in [0.15, 0.2) is 0 Å². The van der Waals surface area contributed by atoms with Gasteiger partial charge in [0, 0.05) is 39.0 Å². The topological polar surface area (TPSA) is 45.9 Å². The maximum absolute atomic E-state index is 12.5. The molecule has 1 aromatic heterocycles. The van der Waals surface area contributed by atoms with E-state index in [1.807, 2.05) is 47.4 Å². The van der Waals surface area contributed by atoms with Gasteiger partial charge in [0.2, 0.25) is 5.91 Å². The van der Waals surface area contributed by atoms with Crippen LogP contribution in [0.1, 0.15) is 29.7 Å². The summed E-state index contributed by atoms with van der Waals surface area (Å²) in [5.74, 6) is 2.57. The van der Waals surface area contributed by atoms with Crippen molar-refractivity contribution >= 4 is 5.91 Å². The molecule has 1 aliphatic rings. The van der Waals surface area contributed by atoms with Crippen molar-refractivity contribution in [1.82, 2.24) is 9.80 Å². The molecule has 162 valence electrons. The van der Waals surface area contributed by atoms with Gasteiger partial charge in [-0.05, 0) is 35.2 Å². The highest BCUT2D eigenvalue weighted by molar-refractivity contribution is 5.73. The molecule has 1 aliphatic heterocycles. The van der Waals surface area contributed by atoms with Gasteiger partial charge in [0.25, 0.3) is 0 Å². The van der Waals surface area contributed by atoms with E-state index in [0.29, 0.717) is 19.0 Å². The fourth-order valence-corrected chi connectivity index (χ4v) is 4.61. The second kappa shape index (κ2) is 9.84. The van der Waals surface area contributed by atoms with E-state index in [-0.39, 0.29) is 11.8 Å². The predicted molar refractivity (Wildman–Crippen MR) is 121 cm³/mol. The summed E-state index contributed by atoms with van der Waals surface area (Å²) in [6.45, 7) is 5.58. The van der Waals surface area contributed by atoms with Crippen LogP contribution in [-0.2, 0) is 17.9 Å². The molecule has 0 N–H and O–H groups in total. The number of carbonyl (C=O) groups excluding carboxylic acids is 1. The number of hydrogen-bond acceptors (Lipinski definition) is 4. The molecular weight excluding hydrogens is 388 g/mol.